The van der Waals surface area contributed by atoms with Crippen LogP contribution in [0.1, 0.15) is 57.3 Å². The lowest BCUT2D eigenvalue weighted by Gasteiger charge is -2.21. The maximum atomic E-state index is 12.7. The maximum Gasteiger partial charge on any atom is 0.256 e. The van der Waals surface area contributed by atoms with E-state index in [-0.39, 0.29) is 12.7 Å². The first kappa shape index (κ1) is 17.9. The van der Waals surface area contributed by atoms with Crippen molar-refractivity contribution in [3.8, 4) is 11.5 Å². The molecule has 7 heteroatoms. The zero-order chi connectivity index (χ0) is 19.0. The highest BCUT2D eigenvalue weighted by molar-refractivity contribution is 7.17. The SMILES string of the molecule is CCC[C@@H]1CCc2c(sc(NC(=O)c3ccc4c(c3)OCO4)c2C(N)=O)C1. The molecule has 0 bridgehead atoms. The first-order valence-electron chi connectivity index (χ1n) is 9.22. The number of benzene rings is 1. The molecule has 4 rings (SSSR count). The summed E-state index contributed by atoms with van der Waals surface area (Å²) in [6.07, 6.45) is 5.19. The Kier molecular flexibility index (Phi) is 4.78. The van der Waals surface area contributed by atoms with E-state index in [1.165, 1.54) is 22.6 Å². The van der Waals surface area contributed by atoms with Gasteiger partial charge in [0, 0.05) is 10.4 Å². The maximum absolute atomic E-state index is 12.7. The van der Waals surface area contributed by atoms with Crippen LogP contribution in [-0.2, 0) is 12.8 Å². The van der Waals surface area contributed by atoms with Crippen molar-refractivity contribution in [3.05, 3.63) is 39.8 Å². The standard InChI is InChI=1S/C20H22N2O4S/c1-2-3-11-4-6-13-16(8-11)27-20(17(13)18(21)23)22-19(24)12-5-7-14-15(9-12)26-10-25-14/h5,7,9,11H,2-4,6,8,10H2,1H3,(H2,21,23)(H,22,24)/t11-/m1/s1. The fourth-order valence-corrected chi connectivity index (χ4v) is 5.23. The first-order valence-corrected chi connectivity index (χ1v) is 10.0. The third-order valence-corrected chi connectivity index (χ3v) is 6.34. The summed E-state index contributed by atoms with van der Waals surface area (Å²) < 4.78 is 10.6. The van der Waals surface area contributed by atoms with Gasteiger partial charge in [0.15, 0.2) is 11.5 Å². The van der Waals surface area contributed by atoms with Gasteiger partial charge in [-0.1, -0.05) is 19.8 Å². The first-order chi connectivity index (χ1) is 13.1. The van der Waals surface area contributed by atoms with Crippen molar-refractivity contribution in [1.29, 1.82) is 0 Å². The third kappa shape index (κ3) is 3.39. The Bertz CT molecular complexity index is 906. The Morgan fingerprint density at radius 1 is 1.30 bits per heavy atom. The molecule has 1 aliphatic heterocycles. The van der Waals surface area contributed by atoms with Gasteiger partial charge in [0.05, 0.1) is 5.56 Å². The van der Waals surface area contributed by atoms with Gasteiger partial charge in [-0.2, -0.15) is 0 Å². The van der Waals surface area contributed by atoms with Crippen LogP contribution in [0.15, 0.2) is 18.2 Å². The summed E-state index contributed by atoms with van der Waals surface area (Å²) >= 11 is 1.48. The molecule has 6 nitrogen and oxygen atoms in total. The van der Waals surface area contributed by atoms with E-state index in [9.17, 15) is 9.59 Å². The summed E-state index contributed by atoms with van der Waals surface area (Å²) in [5.41, 5.74) is 7.58. The number of nitrogens with one attached hydrogen (secondary N) is 1. The number of amides is 2. The van der Waals surface area contributed by atoms with Crippen LogP contribution in [0.3, 0.4) is 0 Å². The van der Waals surface area contributed by atoms with Crippen molar-refractivity contribution in [2.75, 3.05) is 12.1 Å². The normalized spacial score (nSPS) is 17.4. The molecule has 27 heavy (non-hydrogen) atoms. The number of carbonyl (C=O) groups excluding carboxylic acids is 2. The number of ether oxygens (including phenoxy) is 2. The zero-order valence-corrected chi connectivity index (χ0v) is 16.0. The van der Waals surface area contributed by atoms with Crippen molar-refractivity contribution in [3.63, 3.8) is 0 Å². The quantitative estimate of drug-likeness (QED) is 0.819. The van der Waals surface area contributed by atoms with Crippen LogP contribution >= 0.6 is 11.3 Å². The van der Waals surface area contributed by atoms with Gasteiger partial charge in [-0.05, 0) is 48.9 Å². The second-order valence-corrected chi connectivity index (χ2v) is 8.10. The van der Waals surface area contributed by atoms with Crippen LogP contribution in [0.4, 0.5) is 5.00 Å². The molecule has 2 amide bonds. The molecule has 1 atom stereocenters. The third-order valence-electron chi connectivity index (χ3n) is 5.17. The lowest BCUT2D eigenvalue weighted by Crippen LogP contribution is -2.20. The summed E-state index contributed by atoms with van der Waals surface area (Å²) in [5.74, 6) is 1.03. The predicted molar refractivity (Wildman–Crippen MR) is 104 cm³/mol. The molecule has 1 aromatic heterocycles. The molecule has 0 spiro atoms. The number of rotatable bonds is 5. The summed E-state index contributed by atoms with van der Waals surface area (Å²) in [5, 5.41) is 3.43. The van der Waals surface area contributed by atoms with Crippen molar-refractivity contribution >= 4 is 28.2 Å². The smallest absolute Gasteiger partial charge is 0.256 e. The van der Waals surface area contributed by atoms with E-state index < -0.39 is 5.91 Å². The van der Waals surface area contributed by atoms with E-state index in [1.54, 1.807) is 18.2 Å². The van der Waals surface area contributed by atoms with E-state index in [4.69, 9.17) is 15.2 Å². The van der Waals surface area contributed by atoms with Crippen molar-refractivity contribution in [2.45, 2.75) is 39.0 Å². The highest BCUT2D eigenvalue weighted by atomic mass is 32.1. The highest BCUT2D eigenvalue weighted by Gasteiger charge is 2.28. The number of nitrogens with two attached hydrogens (primary N) is 1. The molecular formula is C20H22N2O4S. The largest absolute Gasteiger partial charge is 0.454 e. The Morgan fingerprint density at radius 3 is 2.89 bits per heavy atom. The lowest BCUT2D eigenvalue weighted by molar-refractivity contribution is 0.1000. The van der Waals surface area contributed by atoms with Gasteiger partial charge in [-0.25, -0.2) is 0 Å². The fourth-order valence-electron chi connectivity index (χ4n) is 3.87. The van der Waals surface area contributed by atoms with Crippen LogP contribution in [0.25, 0.3) is 0 Å². The van der Waals surface area contributed by atoms with Crippen LogP contribution < -0.4 is 20.5 Å². The van der Waals surface area contributed by atoms with Gasteiger partial charge >= 0.3 is 0 Å². The number of primary amides is 1. The number of fused-ring (bicyclic) bond motifs is 2. The van der Waals surface area contributed by atoms with Crippen LogP contribution in [-0.4, -0.2) is 18.6 Å². The van der Waals surface area contributed by atoms with Gasteiger partial charge in [0.1, 0.15) is 5.00 Å². The second kappa shape index (κ2) is 7.23. The minimum Gasteiger partial charge on any atom is -0.454 e. The summed E-state index contributed by atoms with van der Waals surface area (Å²) in [6, 6.07) is 5.03. The molecule has 2 aliphatic rings. The van der Waals surface area contributed by atoms with Gasteiger partial charge < -0.3 is 20.5 Å². The Morgan fingerprint density at radius 2 is 2.11 bits per heavy atom. The van der Waals surface area contributed by atoms with E-state index in [2.05, 4.69) is 12.2 Å². The average Bonchev–Trinajstić information content (AvgIpc) is 3.24. The topological polar surface area (TPSA) is 90.7 Å². The van der Waals surface area contributed by atoms with Gasteiger partial charge in [-0.3, -0.25) is 9.59 Å². The van der Waals surface area contributed by atoms with Crippen LogP contribution in [0.5, 0.6) is 11.5 Å². The summed E-state index contributed by atoms with van der Waals surface area (Å²) in [6.45, 7) is 2.35. The van der Waals surface area contributed by atoms with Crippen LogP contribution in [0, 0.1) is 5.92 Å². The molecule has 0 radical (unpaired) electrons. The van der Waals surface area contributed by atoms with Crippen molar-refractivity contribution < 1.29 is 19.1 Å². The Hall–Kier alpha value is -2.54. The van der Waals surface area contributed by atoms with Gasteiger partial charge in [-0.15, -0.1) is 11.3 Å². The van der Waals surface area contributed by atoms with E-state index in [1.807, 2.05) is 0 Å². The number of carbonyl (C=O) groups is 2. The molecule has 1 aromatic carbocycles. The predicted octanol–water partition coefficient (Wildman–Crippen LogP) is 3.73. The van der Waals surface area contributed by atoms with E-state index >= 15 is 0 Å². The molecule has 0 fully saturated rings. The Balaban J connectivity index is 1.60. The molecular weight excluding hydrogens is 364 g/mol. The van der Waals surface area contributed by atoms with Crippen molar-refractivity contribution in [2.24, 2.45) is 11.7 Å². The number of hydrogen-bond donors (Lipinski definition) is 2. The fraction of sp³-hybridized carbons (Fsp3) is 0.400. The molecule has 0 unspecified atom stereocenters. The molecule has 1 aliphatic carbocycles. The number of thiophene rings is 1. The van der Waals surface area contributed by atoms with Crippen molar-refractivity contribution in [1.82, 2.24) is 0 Å². The second-order valence-electron chi connectivity index (χ2n) is 6.99. The van der Waals surface area contributed by atoms with E-state index in [0.717, 1.165) is 31.2 Å². The number of hydrogen-bond acceptors (Lipinski definition) is 5. The van der Waals surface area contributed by atoms with Gasteiger partial charge in [0.25, 0.3) is 11.8 Å². The summed E-state index contributed by atoms with van der Waals surface area (Å²) in [7, 11) is 0. The van der Waals surface area contributed by atoms with Crippen LogP contribution in [0.2, 0.25) is 0 Å². The average molecular weight is 386 g/mol. The minimum atomic E-state index is -0.484. The highest BCUT2D eigenvalue weighted by Crippen LogP contribution is 2.41. The van der Waals surface area contributed by atoms with E-state index in [0.29, 0.717) is 33.5 Å². The molecule has 0 saturated heterocycles. The molecule has 2 aromatic rings. The number of anilines is 1. The molecule has 142 valence electrons. The minimum absolute atomic E-state index is 0.156. The monoisotopic (exact) mass is 386 g/mol. The van der Waals surface area contributed by atoms with Gasteiger partial charge in [0.2, 0.25) is 6.79 Å². The summed E-state index contributed by atoms with van der Waals surface area (Å²) in [4.78, 5) is 26.0. The lowest BCUT2D eigenvalue weighted by atomic mass is 9.84. The molecule has 0 saturated carbocycles. The Labute approximate surface area is 161 Å². The molecule has 3 N–H and O–H groups in total. The molecule has 2 heterocycles. The zero-order valence-electron chi connectivity index (χ0n) is 15.2.